The van der Waals surface area contributed by atoms with Gasteiger partial charge in [-0.1, -0.05) is 41.4 Å². The maximum absolute atomic E-state index is 12.3. The normalized spacial score (nSPS) is 23.7. The molecule has 1 fully saturated rings. The van der Waals surface area contributed by atoms with Crippen molar-refractivity contribution in [2.24, 2.45) is 5.92 Å². The molecule has 0 aliphatic heterocycles. The zero-order chi connectivity index (χ0) is 14.6. The Hall–Kier alpha value is -0.390. The van der Waals surface area contributed by atoms with E-state index in [1.165, 1.54) is 6.42 Å². The van der Waals surface area contributed by atoms with Gasteiger partial charge in [-0.15, -0.1) is 0 Å². The van der Waals surface area contributed by atoms with Crippen molar-refractivity contribution in [3.8, 4) is 0 Å². The Balaban J connectivity index is 2.00. The predicted molar refractivity (Wildman–Crippen MR) is 85.4 cm³/mol. The van der Waals surface area contributed by atoms with Gasteiger partial charge in [-0.05, 0) is 49.3 Å². The molecule has 1 N–H and O–H groups in total. The van der Waals surface area contributed by atoms with E-state index in [1.807, 2.05) is 12.1 Å². The van der Waals surface area contributed by atoms with Crippen molar-refractivity contribution in [3.05, 3.63) is 29.8 Å². The molecule has 0 amide bonds. The van der Waals surface area contributed by atoms with Gasteiger partial charge >= 0.3 is 0 Å². The van der Waals surface area contributed by atoms with Crippen LogP contribution in [0.15, 0.2) is 29.2 Å². The molecule has 1 aromatic carbocycles. The van der Waals surface area contributed by atoms with Gasteiger partial charge in [-0.2, -0.15) is 0 Å². The van der Waals surface area contributed by atoms with E-state index in [2.05, 4.69) is 27.6 Å². The van der Waals surface area contributed by atoms with E-state index in [9.17, 15) is 8.42 Å². The number of alkyl halides is 1. The summed E-state index contributed by atoms with van der Waals surface area (Å²) in [6.07, 6.45) is 5.38. The molecule has 3 nitrogen and oxygen atoms in total. The number of hydrogen-bond acceptors (Lipinski definition) is 2. The van der Waals surface area contributed by atoms with Crippen molar-refractivity contribution in [1.82, 2.24) is 4.72 Å². The lowest BCUT2D eigenvalue weighted by molar-refractivity contribution is 0.306. The molecule has 0 saturated heterocycles. The molecule has 1 aromatic rings. The first-order valence-electron chi connectivity index (χ1n) is 7.22. The third kappa shape index (κ3) is 4.06. The molecule has 0 spiro atoms. The Kier molecular flexibility index (Phi) is 5.64. The smallest absolute Gasteiger partial charge is 0.208 e. The van der Waals surface area contributed by atoms with E-state index in [0.717, 1.165) is 42.5 Å². The maximum atomic E-state index is 12.3. The second-order valence-electron chi connectivity index (χ2n) is 5.52. The third-order valence-corrected chi connectivity index (χ3v) is 6.32. The van der Waals surface area contributed by atoms with E-state index >= 15 is 0 Å². The molecule has 0 bridgehead atoms. The van der Waals surface area contributed by atoms with Crippen LogP contribution >= 0.6 is 15.9 Å². The van der Waals surface area contributed by atoms with Crippen molar-refractivity contribution >= 4 is 26.0 Å². The molecule has 1 aliphatic carbocycles. The lowest BCUT2D eigenvalue weighted by Crippen LogP contribution is -2.37. The highest BCUT2D eigenvalue weighted by Crippen LogP contribution is 2.27. The van der Waals surface area contributed by atoms with Gasteiger partial charge in [-0.25, -0.2) is 13.1 Å². The van der Waals surface area contributed by atoms with Crippen LogP contribution in [0.25, 0.3) is 0 Å². The van der Waals surface area contributed by atoms with Gasteiger partial charge in [-0.3, -0.25) is 0 Å². The third-order valence-electron chi connectivity index (χ3n) is 4.13. The average molecular weight is 360 g/mol. The number of rotatable bonds is 5. The summed E-state index contributed by atoms with van der Waals surface area (Å²) in [6.45, 7) is 2.21. The van der Waals surface area contributed by atoms with Crippen LogP contribution in [0.3, 0.4) is 0 Å². The number of hydrogen-bond donors (Lipinski definition) is 1. The molecule has 0 unspecified atom stereocenters. The molecule has 1 saturated carbocycles. The summed E-state index contributed by atoms with van der Waals surface area (Å²) in [4.78, 5) is 0.361. The monoisotopic (exact) mass is 359 g/mol. The lowest BCUT2D eigenvalue weighted by Gasteiger charge is -2.28. The Labute approximate surface area is 130 Å². The molecule has 0 heterocycles. The van der Waals surface area contributed by atoms with E-state index in [0.29, 0.717) is 4.90 Å². The summed E-state index contributed by atoms with van der Waals surface area (Å²) in [5, 5.41) is 0.738. The second-order valence-corrected chi connectivity index (χ2v) is 7.80. The highest BCUT2D eigenvalue weighted by Gasteiger charge is 2.24. The number of halogens is 1. The Morgan fingerprint density at radius 1 is 1.15 bits per heavy atom. The molecule has 0 aromatic heterocycles. The molecule has 2 rings (SSSR count). The highest BCUT2D eigenvalue weighted by molar-refractivity contribution is 9.08. The topological polar surface area (TPSA) is 46.2 Å². The molecular formula is C15H22BrNO2S. The minimum absolute atomic E-state index is 0.0960. The Morgan fingerprint density at radius 3 is 2.25 bits per heavy atom. The van der Waals surface area contributed by atoms with Gasteiger partial charge < -0.3 is 0 Å². The predicted octanol–water partition coefficient (Wildman–Crippen LogP) is 3.83. The van der Waals surface area contributed by atoms with Crippen LogP contribution in [-0.2, 0) is 15.4 Å². The maximum Gasteiger partial charge on any atom is 0.240 e. The standard InChI is InChI=1S/C15H22BrNO2S/c1-2-12-3-7-14(8-4-12)17-20(18,19)15-9-5-13(11-16)6-10-15/h5-6,9-10,12,14,17H,2-4,7-8,11H2,1H3. The van der Waals surface area contributed by atoms with Crippen molar-refractivity contribution < 1.29 is 8.42 Å². The van der Waals surface area contributed by atoms with Crippen molar-refractivity contribution in [2.45, 2.75) is 55.3 Å². The van der Waals surface area contributed by atoms with Gasteiger partial charge in [0.25, 0.3) is 0 Å². The van der Waals surface area contributed by atoms with Crippen LogP contribution in [0, 0.1) is 5.92 Å². The van der Waals surface area contributed by atoms with Crippen molar-refractivity contribution in [2.75, 3.05) is 0 Å². The Morgan fingerprint density at radius 2 is 1.75 bits per heavy atom. The minimum Gasteiger partial charge on any atom is -0.208 e. The van der Waals surface area contributed by atoms with Crippen LogP contribution in [0.1, 0.15) is 44.6 Å². The molecule has 1 aliphatic rings. The molecule has 112 valence electrons. The summed E-state index contributed by atoms with van der Waals surface area (Å²) in [6, 6.07) is 7.14. The number of sulfonamides is 1. The highest BCUT2D eigenvalue weighted by atomic mass is 79.9. The fraction of sp³-hybridized carbons (Fsp3) is 0.600. The first kappa shape index (κ1) is 16.0. The van der Waals surface area contributed by atoms with Crippen LogP contribution in [-0.4, -0.2) is 14.5 Å². The molecule has 0 radical (unpaired) electrons. The minimum atomic E-state index is -3.37. The summed E-state index contributed by atoms with van der Waals surface area (Å²) in [5.74, 6) is 0.772. The van der Waals surface area contributed by atoms with Crippen LogP contribution < -0.4 is 4.72 Å². The van der Waals surface area contributed by atoms with Gasteiger partial charge in [0.2, 0.25) is 10.0 Å². The van der Waals surface area contributed by atoms with Gasteiger partial charge in [0.05, 0.1) is 4.90 Å². The molecule has 0 atom stereocenters. The summed E-state index contributed by atoms with van der Waals surface area (Å²) >= 11 is 3.36. The zero-order valence-electron chi connectivity index (χ0n) is 11.8. The van der Waals surface area contributed by atoms with Crippen LogP contribution in [0.4, 0.5) is 0 Å². The fourth-order valence-corrected chi connectivity index (χ4v) is 4.41. The number of benzene rings is 1. The second kappa shape index (κ2) is 7.05. The Bertz CT molecular complexity index is 519. The van der Waals surface area contributed by atoms with E-state index < -0.39 is 10.0 Å². The lowest BCUT2D eigenvalue weighted by atomic mass is 9.85. The van der Waals surface area contributed by atoms with Crippen molar-refractivity contribution in [3.63, 3.8) is 0 Å². The van der Waals surface area contributed by atoms with Crippen molar-refractivity contribution in [1.29, 1.82) is 0 Å². The SMILES string of the molecule is CCC1CCC(NS(=O)(=O)c2ccc(CBr)cc2)CC1. The first-order valence-corrected chi connectivity index (χ1v) is 9.83. The number of nitrogens with one attached hydrogen (secondary N) is 1. The van der Waals surface area contributed by atoms with Crippen LogP contribution in [0.2, 0.25) is 0 Å². The molecule has 20 heavy (non-hydrogen) atoms. The zero-order valence-corrected chi connectivity index (χ0v) is 14.2. The summed E-state index contributed by atoms with van der Waals surface area (Å²) < 4.78 is 27.5. The largest absolute Gasteiger partial charge is 0.240 e. The summed E-state index contributed by atoms with van der Waals surface area (Å²) in [5.41, 5.74) is 1.08. The van der Waals surface area contributed by atoms with Gasteiger partial charge in [0, 0.05) is 11.4 Å². The first-order chi connectivity index (χ1) is 9.55. The fourth-order valence-electron chi connectivity index (χ4n) is 2.73. The van der Waals surface area contributed by atoms with E-state index in [-0.39, 0.29) is 6.04 Å². The molecular weight excluding hydrogens is 338 g/mol. The molecule has 5 heteroatoms. The average Bonchev–Trinajstić information content (AvgIpc) is 2.48. The van der Waals surface area contributed by atoms with Gasteiger partial charge in [0.15, 0.2) is 0 Å². The summed E-state index contributed by atoms with van der Waals surface area (Å²) in [7, 11) is -3.37. The van der Waals surface area contributed by atoms with Crippen LogP contribution in [0.5, 0.6) is 0 Å². The quantitative estimate of drug-likeness (QED) is 0.812. The van der Waals surface area contributed by atoms with Gasteiger partial charge in [0.1, 0.15) is 0 Å². The van der Waals surface area contributed by atoms with E-state index in [1.54, 1.807) is 12.1 Å². The van der Waals surface area contributed by atoms with E-state index in [4.69, 9.17) is 0 Å².